The van der Waals surface area contributed by atoms with Crippen LogP contribution < -0.4 is 0 Å². The van der Waals surface area contributed by atoms with Gasteiger partial charge in [0, 0.05) is 28.6 Å². The van der Waals surface area contributed by atoms with Gasteiger partial charge in [-0.25, -0.2) is 4.37 Å². The number of hydrogen-bond donors (Lipinski definition) is 0. The SMILES string of the molecule is [Cu].c1cnsc1. The van der Waals surface area contributed by atoms with Crippen molar-refractivity contribution in [3.8, 4) is 0 Å². The quantitative estimate of drug-likeness (QED) is 0.503. The van der Waals surface area contributed by atoms with Crippen molar-refractivity contribution in [3.05, 3.63) is 17.6 Å². The Morgan fingerprint density at radius 3 is 2.50 bits per heavy atom. The van der Waals surface area contributed by atoms with Gasteiger partial charge in [-0.3, -0.25) is 0 Å². The fourth-order valence-corrected chi connectivity index (χ4v) is 0.527. The molecule has 0 saturated heterocycles. The Kier molecular flexibility index (Phi) is 3.43. The van der Waals surface area contributed by atoms with Crippen molar-refractivity contribution in [2.24, 2.45) is 0 Å². The summed E-state index contributed by atoms with van der Waals surface area (Å²) in [5.41, 5.74) is 0. The van der Waals surface area contributed by atoms with Gasteiger partial charge in [-0.05, 0) is 17.6 Å². The van der Waals surface area contributed by atoms with Crippen LogP contribution in [0.25, 0.3) is 0 Å². The van der Waals surface area contributed by atoms with E-state index < -0.39 is 0 Å². The van der Waals surface area contributed by atoms with Crippen LogP contribution in [0.3, 0.4) is 0 Å². The maximum Gasteiger partial charge on any atom is 0.0406 e. The van der Waals surface area contributed by atoms with Gasteiger partial charge in [0.15, 0.2) is 0 Å². The van der Waals surface area contributed by atoms with Crippen LogP contribution in [0.5, 0.6) is 0 Å². The molecule has 0 N–H and O–H groups in total. The Hall–Kier alpha value is 0.149. The van der Waals surface area contributed by atoms with E-state index in [2.05, 4.69) is 4.37 Å². The molecule has 1 aromatic heterocycles. The second kappa shape index (κ2) is 3.34. The molecule has 0 aliphatic heterocycles. The van der Waals surface area contributed by atoms with Gasteiger partial charge in [0.2, 0.25) is 0 Å². The number of aromatic nitrogens is 1. The molecule has 1 rings (SSSR count). The molecule has 0 bridgehead atoms. The molecule has 37 valence electrons. The molecule has 0 fully saturated rings. The molecule has 0 spiro atoms. The second-order valence-electron chi connectivity index (χ2n) is 0.688. The minimum atomic E-state index is 0. The maximum atomic E-state index is 3.76. The standard InChI is InChI=1S/C3H3NS.Cu/c1-2-4-5-3-1;/h1-3H;. The van der Waals surface area contributed by atoms with Gasteiger partial charge < -0.3 is 0 Å². The summed E-state index contributed by atoms with van der Waals surface area (Å²) in [6.07, 6.45) is 1.77. The van der Waals surface area contributed by atoms with Gasteiger partial charge in [0.25, 0.3) is 0 Å². The first kappa shape index (κ1) is 6.15. The molecule has 0 aliphatic carbocycles. The molecule has 6 heavy (non-hydrogen) atoms. The summed E-state index contributed by atoms with van der Waals surface area (Å²) in [5, 5.41) is 1.93. The summed E-state index contributed by atoms with van der Waals surface area (Å²) < 4.78 is 3.76. The minimum absolute atomic E-state index is 0. The van der Waals surface area contributed by atoms with Crippen molar-refractivity contribution < 1.29 is 17.1 Å². The molecule has 3 heteroatoms. The van der Waals surface area contributed by atoms with E-state index in [0.717, 1.165) is 0 Å². The van der Waals surface area contributed by atoms with Crippen molar-refractivity contribution in [1.82, 2.24) is 4.37 Å². The maximum absolute atomic E-state index is 3.76. The third-order valence-corrected chi connectivity index (χ3v) is 0.869. The zero-order valence-corrected chi connectivity index (χ0v) is 4.65. The Morgan fingerprint density at radius 1 is 1.50 bits per heavy atom. The predicted molar refractivity (Wildman–Crippen MR) is 22.1 cm³/mol. The summed E-state index contributed by atoms with van der Waals surface area (Å²) in [6, 6.07) is 1.91. The van der Waals surface area contributed by atoms with Crippen molar-refractivity contribution >= 4 is 11.5 Å². The van der Waals surface area contributed by atoms with Crippen molar-refractivity contribution in [1.29, 1.82) is 0 Å². The molecule has 1 radical (unpaired) electrons. The van der Waals surface area contributed by atoms with E-state index in [1.807, 2.05) is 11.4 Å². The van der Waals surface area contributed by atoms with Crippen LogP contribution in [0.15, 0.2) is 17.6 Å². The minimum Gasteiger partial charge on any atom is -0.201 e. The van der Waals surface area contributed by atoms with Gasteiger partial charge in [-0.1, -0.05) is 0 Å². The summed E-state index contributed by atoms with van der Waals surface area (Å²) in [7, 11) is 0. The zero-order valence-electron chi connectivity index (χ0n) is 2.89. The molecule has 1 nitrogen and oxygen atoms in total. The second-order valence-corrected chi connectivity index (χ2v) is 1.38. The molecule has 0 atom stereocenters. The van der Waals surface area contributed by atoms with Gasteiger partial charge in [-0.15, -0.1) is 0 Å². The third kappa shape index (κ3) is 1.55. The van der Waals surface area contributed by atoms with Crippen LogP contribution in [0, 0.1) is 0 Å². The topological polar surface area (TPSA) is 12.9 Å². The zero-order chi connectivity index (χ0) is 3.54. The van der Waals surface area contributed by atoms with Gasteiger partial charge >= 0.3 is 0 Å². The predicted octanol–water partition coefficient (Wildman–Crippen LogP) is 1.14. The van der Waals surface area contributed by atoms with E-state index in [4.69, 9.17) is 0 Å². The van der Waals surface area contributed by atoms with E-state index in [1.165, 1.54) is 11.5 Å². The summed E-state index contributed by atoms with van der Waals surface area (Å²) in [5.74, 6) is 0. The van der Waals surface area contributed by atoms with Crippen LogP contribution in [-0.2, 0) is 17.1 Å². The Bertz CT molecular complexity index is 67.3. The molecule has 0 aliphatic rings. The average Bonchev–Trinajstić information content (AvgIpc) is 1.76. The van der Waals surface area contributed by atoms with Crippen LogP contribution in [0.2, 0.25) is 0 Å². The fourth-order valence-electron chi connectivity index (χ4n) is 0.176. The van der Waals surface area contributed by atoms with Crippen molar-refractivity contribution in [2.75, 3.05) is 0 Å². The van der Waals surface area contributed by atoms with Crippen molar-refractivity contribution in [2.45, 2.75) is 0 Å². The largest absolute Gasteiger partial charge is 0.201 e. The van der Waals surface area contributed by atoms with E-state index >= 15 is 0 Å². The van der Waals surface area contributed by atoms with Gasteiger partial charge in [0.1, 0.15) is 0 Å². The Balaban J connectivity index is 0.000000250. The van der Waals surface area contributed by atoms with E-state index in [0.29, 0.717) is 0 Å². The molecule has 0 amide bonds. The smallest absolute Gasteiger partial charge is 0.0406 e. The molecule has 0 saturated carbocycles. The van der Waals surface area contributed by atoms with Crippen LogP contribution in [0.4, 0.5) is 0 Å². The summed E-state index contributed by atoms with van der Waals surface area (Å²) in [6.45, 7) is 0. The fraction of sp³-hybridized carbons (Fsp3) is 0. The Labute approximate surface area is 51.0 Å². The number of rotatable bonds is 0. The van der Waals surface area contributed by atoms with E-state index in [-0.39, 0.29) is 17.1 Å². The number of nitrogens with zero attached hydrogens (tertiary/aromatic N) is 1. The van der Waals surface area contributed by atoms with Crippen LogP contribution in [-0.4, -0.2) is 4.37 Å². The molecule has 0 unspecified atom stereocenters. The molecule has 0 aromatic carbocycles. The first-order valence-corrected chi connectivity index (χ1v) is 2.18. The summed E-state index contributed by atoms with van der Waals surface area (Å²) >= 11 is 1.46. The monoisotopic (exact) mass is 148 g/mol. The number of hydrogen-bond acceptors (Lipinski definition) is 2. The van der Waals surface area contributed by atoms with Gasteiger partial charge in [0.05, 0.1) is 0 Å². The summed E-state index contributed by atoms with van der Waals surface area (Å²) in [4.78, 5) is 0. The Morgan fingerprint density at radius 2 is 2.33 bits per heavy atom. The molecular weight excluding hydrogens is 146 g/mol. The normalized spacial score (nSPS) is 6.67. The molecule has 1 aromatic rings. The van der Waals surface area contributed by atoms with Crippen LogP contribution in [0.1, 0.15) is 0 Å². The van der Waals surface area contributed by atoms with Crippen molar-refractivity contribution in [3.63, 3.8) is 0 Å². The van der Waals surface area contributed by atoms with Gasteiger partial charge in [-0.2, -0.15) is 0 Å². The third-order valence-electron chi connectivity index (χ3n) is 0.347. The first-order chi connectivity index (χ1) is 2.50. The molecule has 1 heterocycles. The molecular formula is C3H3CuNS. The average molecular weight is 149 g/mol. The van der Waals surface area contributed by atoms with E-state index in [9.17, 15) is 0 Å². The van der Waals surface area contributed by atoms with E-state index in [1.54, 1.807) is 6.20 Å². The van der Waals surface area contributed by atoms with Crippen LogP contribution >= 0.6 is 11.5 Å². The first-order valence-electron chi connectivity index (χ1n) is 1.34.